The van der Waals surface area contributed by atoms with Crippen molar-refractivity contribution in [1.82, 2.24) is 15.1 Å². The summed E-state index contributed by atoms with van der Waals surface area (Å²) >= 11 is 0. The van der Waals surface area contributed by atoms with E-state index >= 15 is 0 Å². The molecule has 2 aromatic rings. The molecule has 1 fully saturated rings. The molecule has 1 aromatic carbocycles. The number of methoxy groups -OCH3 is 1. The number of allylic oxidation sites excluding steroid dienone is 1. The van der Waals surface area contributed by atoms with E-state index in [2.05, 4.69) is 10.2 Å². The summed E-state index contributed by atoms with van der Waals surface area (Å²) in [7, 11) is 1.59. The number of aromatic nitrogens is 2. The summed E-state index contributed by atoms with van der Waals surface area (Å²) in [4.78, 5) is 13.9. The lowest BCUT2D eigenvalue weighted by Crippen LogP contribution is -2.49. The summed E-state index contributed by atoms with van der Waals surface area (Å²) in [5.74, 6) is 0.484. The summed E-state index contributed by atoms with van der Waals surface area (Å²) in [5, 5.41) is 17.2. The van der Waals surface area contributed by atoms with Gasteiger partial charge >= 0.3 is 0 Å². The van der Waals surface area contributed by atoms with Crippen LogP contribution in [0.1, 0.15) is 20.3 Å². The van der Waals surface area contributed by atoms with Crippen molar-refractivity contribution in [2.24, 2.45) is 5.92 Å². The Bertz CT molecular complexity index is 1000. The van der Waals surface area contributed by atoms with Crippen molar-refractivity contribution in [3.05, 3.63) is 48.2 Å². The van der Waals surface area contributed by atoms with E-state index in [4.69, 9.17) is 9.47 Å². The third-order valence-corrected chi connectivity index (χ3v) is 4.94. The molecule has 0 N–H and O–H groups in total. The average Bonchev–Trinajstić information content (AvgIpc) is 2.78. The van der Waals surface area contributed by atoms with Gasteiger partial charge in [-0.05, 0) is 12.0 Å². The number of piperidine rings is 1. The average molecular weight is 424 g/mol. The molecule has 8 heteroatoms. The SMILES string of the molecule is COc1ccccc1-c1cnnc(O[C@H]2CCN(C(=O)/C(C#N)=C/C(C)C)C[C@H]2F)c1. The fourth-order valence-electron chi connectivity index (χ4n) is 3.45. The van der Waals surface area contributed by atoms with Crippen LogP contribution >= 0.6 is 0 Å². The van der Waals surface area contributed by atoms with Gasteiger partial charge in [-0.2, -0.15) is 10.4 Å². The van der Waals surface area contributed by atoms with Gasteiger partial charge < -0.3 is 14.4 Å². The first-order valence-electron chi connectivity index (χ1n) is 10.1. The number of hydrogen-bond donors (Lipinski definition) is 0. The predicted octanol–water partition coefficient (Wildman–Crippen LogP) is 3.58. The largest absolute Gasteiger partial charge is 0.496 e. The molecule has 0 saturated carbocycles. The summed E-state index contributed by atoms with van der Waals surface area (Å²) in [5.41, 5.74) is 1.60. The Morgan fingerprint density at radius 2 is 2.16 bits per heavy atom. The third kappa shape index (κ3) is 5.37. The van der Waals surface area contributed by atoms with Gasteiger partial charge in [0.05, 0.1) is 19.9 Å². The Morgan fingerprint density at radius 1 is 1.39 bits per heavy atom. The lowest BCUT2D eigenvalue weighted by Gasteiger charge is -2.34. The van der Waals surface area contributed by atoms with Gasteiger partial charge in [-0.3, -0.25) is 4.79 Å². The Morgan fingerprint density at radius 3 is 2.84 bits per heavy atom. The van der Waals surface area contributed by atoms with Crippen molar-refractivity contribution in [2.45, 2.75) is 32.5 Å². The molecule has 1 saturated heterocycles. The summed E-state index contributed by atoms with van der Waals surface area (Å²) < 4.78 is 26.0. The first-order chi connectivity index (χ1) is 14.9. The van der Waals surface area contributed by atoms with Crippen LogP contribution in [-0.2, 0) is 4.79 Å². The molecule has 2 atom stereocenters. The van der Waals surface area contributed by atoms with E-state index in [1.807, 2.05) is 44.2 Å². The number of carbonyl (C=O) groups excluding carboxylic acids is 1. The molecule has 0 aliphatic carbocycles. The van der Waals surface area contributed by atoms with Gasteiger partial charge in [0.2, 0.25) is 5.88 Å². The van der Waals surface area contributed by atoms with E-state index in [-0.39, 0.29) is 30.3 Å². The van der Waals surface area contributed by atoms with Crippen molar-refractivity contribution in [3.63, 3.8) is 0 Å². The number of nitriles is 1. The van der Waals surface area contributed by atoms with Crippen LogP contribution in [0.3, 0.4) is 0 Å². The van der Waals surface area contributed by atoms with Crippen LogP contribution in [0.5, 0.6) is 11.6 Å². The lowest BCUT2D eigenvalue weighted by atomic mass is 10.0. The maximum absolute atomic E-state index is 14.8. The van der Waals surface area contributed by atoms with Gasteiger partial charge in [-0.25, -0.2) is 4.39 Å². The standard InChI is InChI=1S/C23H25FN4O3/c1-15(2)10-16(12-25)23(29)28-9-8-21(19(24)14-28)31-22-11-17(13-26-27-22)18-6-4-5-7-20(18)30-3/h4-7,10-11,13,15,19,21H,8-9,14H2,1-3H3/b16-10+/t19-,21+/m1/s1. The second-order valence-electron chi connectivity index (χ2n) is 7.63. The number of nitrogens with zero attached hydrogens (tertiary/aromatic N) is 4. The minimum absolute atomic E-state index is 0.0388. The Labute approximate surface area is 181 Å². The molecule has 0 radical (unpaired) electrons. The minimum atomic E-state index is -1.41. The number of rotatable bonds is 6. The highest BCUT2D eigenvalue weighted by atomic mass is 19.1. The van der Waals surface area contributed by atoms with Gasteiger partial charge in [0.25, 0.3) is 5.91 Å². The zero-order chi connectivity index (χ0) is 22.4. The van der Waals surface area contributed by atoms with Crippen LogP contribution in [0.25, 0.3) is 11.1 Å². The third-order valence-electron chi connectivity index (χ3n) is 4.94. The molecule has 31 heavy (non-hydrogen) atoms. The van der Waals surface area contributed by atoms with Crippen LogP contribution < -0.4 is 9.47 Å². The molecule has 1 amide bonds. The highest BCUT2D eigenvalue weighted by molar-refractivity contribution is 5.97. The van der Waals surface area contributed by atoms with Crippen LogP contribution in [0.15, 0.2) is 48.2 Å². The van der Waals surface area contributed by atoms with Gasteiger partial charge in [0, 0.05) is 30.2 Å². The monoisotopic (exact) mass is 424 g/mol. The maximum Gasteiger partial charge on any atom is 0.264 e. The Kier molecular flexibility index (Phi) is 7.19. The molecule has 1 aromatic heterocycles. The van der Waals surface area contributed by atoms with E-state index in [1.165, 1.54) is 4.90 Å². The molecule has 3 rings (SSSR count). The molecule has 0 spiro atoms. The number of hydrogen-bond acceptors (Lipinski definition) is 6. The second kappa shape index (κ2) is 10.0. The summed E-state index contributed by atoms with van der Waals surface area (Å²) in [6.07, 6.45) is 1.30. The number of likely N-dealkylation sites (tertiary alicyclic amines) is 1. The number of halogens is 1. The fraction of sp³-hybridized carbons (Fsp3) is 0.391. The van der Waals surface area contributed by atoms with Gasteiger partial charge in [0.1, 0.15) is 23.5 Å². The smallest absolute Gasteiger partial charge is 0.264 e. The number of para-hydroxylation sites is 1. The zero-order valence-corrected chi connectivity index (χ0v) is 17.8. The Hall–Kier alpha value is -3.47. The Balaban J connectivity index is 1.69. The van der Waals surface area contributed by atoms with Crippen molar-refractivity contribution in [1.29, 1.82) is 5.26 Å². The number of alkyl halides is 1. The highest BCUT2D eigenvalue weighted by Crippen LogP contribution is 2.31. The van der Waals surface area contributed by atoms with Crippen LogP contribution in [0.4, 0.5) is 4.39 Å². The van der Waals surface area contributed by atoms with E-state index in [9.17, 15) is 14.4 Å². The van der Waals surface area contributed by atoms with Crippen molar-refractivity contribution in [3.8, 4) is 28.8 Å². The molecule has 162 valence electrons. The number of carbonyl (C=O) groups is 1. The minimum Gasteiger partial charge on any atom is -0.496 e. The molecule has 1 aliphatic rings. The van der Waals surface area contributed by atoms with Gasteiger partial charge in [0.15, 0.2) is 6.17 Å². The summed E-state index contributed by atoms with van der Waals surface area (Å²) in [6, 6.07) is 11.1. The lowest BCUT2D eigenvalue weighted by molar-refractivity contribution is -0.130. The van der Waals surface area contributed by atoms with E-state index in [1.54, 1.807) is 25.4 Å². The first kappa shape index (κ1) is 22.2. The predicted molar refractivity (Wildman–Crippen MR) is 113 cm³/mol. The van der Waals surface area contributed by atoms with Crippen molar-refractivity contribution >= 4 is 5.91 Å². The van der Waals surface area contributed by atoms with E-state index in [0.29, 0.717) is 12.3 Å². The zero-order valence-electron chi connectivity index (χ0n) is 17.8. The molecule has 2 heterocycles. The van der Waals surface area contributed by atoms with Crippen molar-refractivity contribution in [2.75, 3.05) is 20.2 Å². The summed E-state index contributed by atoms with van der Waals surface area (Å²) in [6.45, 7) is 3.91. The highest BCUT2D eigenvalue weighted by Gasteiger charge is 2.34. The topological polar surface area (TPSA) is 88.3 Å². The number of ether oxygens (including phenoxy) is 2. The molecule has 7 nitrogen and oxygen atoms in total. The number of benzene rings is 1. The van der Waals surface area contributed by atoms with E-state index < -0.39 is 18.2 Å². The van der Waals surface area contributed by atoms with Gasteiger partial charge in [-0.15, -0.1) is 5.10 Å². The van der Waals surface area contributed by atoms with Crippen LogP contribution in [0, 0.1) is 17.2 Å². The van der Waals surface area contributed by atoms with E-state index in [0.717, 1.165) is 11.1 Å². The van der Waals surface area contributed by atoms with Crippen molar-refractivity contribution < 1.29 is 18.7 Å². The van der Waals surface area contributed by atoms with Crippen LogP contribution in [-0.4, -0.2) is 53.5 Å². The normalized spacial score (nSPS) is 19.1. The molecule has 0 bridgehead atoms. The molecular formula is C23H25FN4O3. The number of amides is 1. The molecule has 0 unspecified atom stereocenters. The van der Waals surface area contributed by atoms with Crippen LogP contribution in [0.2, 0.25) is 0 Å². The molecule has 1 aliphatic heterocycles. The molecular weight excluding hydrogens is 399 g/mol. The first-order valence-corrected chi connectivity index (χ1v) is 10.1. The van der Waals surface area contributed by atoms with Gasteiger partial charge in [-0.1, -0.05) is 38.1 Å². The second-order valence-corrected chi connectivity index (χ2v) is 7.63. The quantitative estimate of drug-likeness (QED) is 0.520. The fourth-order valence-corrected chi connectivity index (χ4v) is 3.45. The maximum atomic E-state index is 14.8.